The quantitative estimate of drug-likeness (QED) is 0.473. The van der Waals surface area contributed by atoms with E-state index in [9.17, 15) is 14.7 Å². The fourth-order valence-electron chi connectivity index (χ4n) is 4.24. The zero-order valence-corrected chi connectivity index (χ0v) is 17.9. The predicted octanol–water partition coefficient (Wildman–Crippen LogP) is 3.05. The van der Waals surface area contributed by atoms with Crippen molar-refractivity contribution in [2.45, 2.75) is 96.4 Å². The van der Waals surface area contributed by atoms with Crippen LogP contribution in [0.3, 0.4) is 0 Å². The van der Waals surface area contributed by atoms with Crippen LogP contribution in [0.1, 0.15) is 73.1 Å². The molecule has 156 valence electrons. The molecule has 1 aliphatic heterocycles. The minimum atomic E-state index is -1.05. The summed E-state index contributed by atoms with van der Waals surface area (Å²) in [5, 5.41) is 18.3. The molecule has 27 heavy (non-hydrogen) atoms. The largest absolute Gasteiger partial charge is 0.478 e. The van der Waals surface area contributed by atoms with Crippen LogP contribution in [0.5, 0.6) is 0 Å². The summed E-state index contributed by atoms with van der Waals surface area (Å²) in [7, 11) is 2.17. The third-order valence-electron chi connectivity index (χ3n) is 5.99. The van der Waals surface area contributed by atoms with Crippen LogP contribution in [0.4, 0.5) is 0 Å². The summed E-state index contributed by atoms with van der Waals surface area (Å²) in [5.41, 5.74) is 0.0847. The Kier molecular flexibility index (Phi) is 8.48. The van der Waals surface area contributed by atoms with Crippen LogP contribution in [-0.4, -0.2) is 68.7 Å². The molecule has 6 nitrogen and oxygen atoms in total. The molecule has 1 rings (SSSR count). The highest BCUT2D eigenvalue weighted by atomic mass is 16.4. The van der Waals surface area contributed by atoms with E-state index >= 15 is 0 Å². The van der Waals surface area contributed by atoms with Gasteiger partial charge in [-0.2, -0.15) is 0 Å². The molecule has 2 N–H and O–H groups in total. The molecule has 0 bridgehead atoms. The number of likely N-dealkylation sites (tertiary alicyclic amines) is 1. The van der Waals surface area contributed by atoms with Gasteiger partial charge in [0, 0.05) is 36.7 Å². The highest BCUT2D eigenvalue weighted by Crippen LogP contribution is 2.39. The van der Waals surface area contributed by atoms with Gasteiger partial charge in [0.2, 0.25) is 5.91 Å². The fourth-order valence-corrected chi connectivity index (χ4v) is 4.24. The first kappa shape index (κ1) is 23.6. The average molecular weight is 383 g/mol. The molecular formula is C21H38N2O4. The molecule has 1 amide bonds. The number of aliphatic hydroxyl groups excluding tert-OH is 1. The van der Waals surface area contributed by atoms with Gasteiger partial charge < -0.3 is 15.1 Å². The summed E-state index contributed by atoms with van der Waals surface area (Å²) in [6.07, 6.45) is 6.64. The Hall–Kier alpha value is -1.40. The van der Waals surface area contributed by atoms with Crippen molar-refractivity contribution in [1.29, 1.82) is 0 Å². The second-order valence-electron chi connectivity index (χ2n) is 9.07. The molecule has 1 atom stereocenters. The van der Waals surface area contributed by atoms with E-state index in [0.29, 0.717) is 6.42 Å². The number of carboxylic acid groups (broad SMARTS) is 1. The van der Waals surface area contributed by atoms with Crippen molar-refractivity contribution in [3.8, 4) is 0 Å². The number of carbonyl (C=O) groups is 2. The molecule has 1 fully saturated rings. The molecule has 0 aromatic rings. The topological polar surface area (TPSA) is 81.1 Å². The summed E-state index contributed by atoms with van der Waals surface area (Å²) in [4.78, 5) is 27.2. The molecule has 0 radical (unpaired) electrons. The SMILES string of the molecule is CC(=O)N(CCCCCC(O)/C=C/C(=O)O)C1CC(C)(C)N(C)C(C)(C)C1. The molecular weight excluding hydrogens is 344 g/mol. The number of carbonyl (C=O) groups excluding carboxylic acids is 1. The van der Waals surface area contributed by atoms with Crippen LogP contribution < -0.4 is 0 Å². The number of hydrogen-bond acceptors (Lipinski definition) is 4. The number of hydrogen-bond donors (Lipinski definition) is 2. The van der Waals surface area contributed by atoms with Crippen molar-refractivity contribution in [2.75, 3.05) is 13.6 Å². The van der Waals surface area contributed by atoms with E-state index in [-0.39, 0.29) is 23.0 Å². The van der Waals surface area contributed by atoms with Crippen molar-refractivity contribution in [3.05, 3.63) is 12.2 Å². The van der Waals surface area contributed by atoms with Gasteiger partial charge in [0.1, 0.15) is 0 Å². The lowest BCUT2D eigenvalue weighted by Crippen LogP contribution is -2.63. The van der Waals surface area contributed by atoms with E-state index in [1.807, 2.05) is 4.90 Å². The molecule has 0 spiro atoms. The van der Waals surface area contributed by atoms with Crippen molar-refractivity contribution < 1.29 is 19.8 Å². The highest BCUT2D eigenvalue weighted by molar-refractivity contribution is 5.79. The van der Waals surface area contributed by atoms with Crippen molar-refractivity contribution in [1.82, 2.24) is 9.80 Å². The Morgan fingerprint density at radius 3 is 2.19 bits per heavy atom. The summed E-state index contributed by atoms with van der Waals surface area (Å²) < 4.78 is 0. The monoisotopic (exact) mass is 382 g/mol. The lowest BCUT2D eigenvalue weighted by molar-refractivity contribution is -0.136. The second-order valence-corrected chi connectivity index (χ2v) is 9.07. The van der Waals surface area contributed by atoms with Crippen molar-refractivity contribution >= 4 is 11.9 Å². The van der Waals surface area contributed by atoms with E-state index in [4.69, 9.17) is 5.11 Å². The number of aliphatic hydroxyl groups is 1. The first-order chi connectivity index (χ1) is 12.4. The average Bonchev–Trinajstić information content (AvgIpc) is 2.52. The van der Waals surface area contributed by atoms with Crippen LogP contribution in [0.15, 0.2) is 12.2 Å². The Morgan fingerprint density at radius 1 is 1.15 bits per heavy atom. The second kappa shape index (κ2) is 9.69. The molecule has 0 aromatic heterocycles. The zero-order valence-electron chi connectivity index (χ0n) is 17.9. The fraction of sp³-hybridized carbons (Fsp3) is 0.810. The van der Waals surface area contributed by atoms with Gasteiger partial charge in [-0.3, -0.25) is 9.69 Å². The maximum Gasteiger partial charge on any atom is 0.328 e. The molecule has 1 saturated heterocycles. The molecule has 0 saturated carbocycles. The van der Waals surface area contributed by atoms with E-state index in [1.54, 1.807) is 6.92 Å². The van der Waals surface area contributed by atoms with E-state index in [1.165, 1.54) is 6.08 Å². The Balaban J connectivity index is 2.53. The summed E-state index contributed by atoms with van der Waals surface area (Å²) in [6.45, 7) is 11.3. The summed E-state index contributed by atoms with van der Waals surface area (Å²) >= 11 is 0. The number of carboxylic acids is 1. The molecule has 0 aromatic carbocycles. The van der Waals surface area contributed by atoms with Crippen LogP contribution in [0.2, 0.25) is 0 Å². The van der Waals surface area contributed by atoms with Gasteiger partial charge in [0.15, 0.2) is 0 Å². The van der Waals surface area contributed by atoms with Gasteiger partial charge >= 0.3 is 5.97 Å². The van der Waals surface area contributed by atoms with Gasteiger partial charge in [-0.25, -0.2) is 4.79 Å². The minimum Gasteiger partial charge on any atom is -0.478 e. The van der Waals surface area contributed by atoms with Gasteiger partial charge in [-0.05, 0) is 66.5 Å². The molecule has 6 heteroatoms. The Morgan fingerprint density at radius 2 is 1.70 bits per heavy atom. The van der Waals surface area contributed by atoms with Crippen LogP contribution in [0.25, 0.3) is 0 Å². The van der Waals surface area contributed by atoms with E-state index in [0.717, 1.165) is 44.7 Å². The van der Waals surface area contributed by atoms with E-state index < -0.39 is 12.1 Å². The lowest BCUT2D eigenvalue weighted by atomic mass is 9.77. The molecule has 1 unspecified atom stereocenters. The van der Waals surface area contributed by atoms with Crippen molar-refractivity contribution in [2.24, 2.45) is 0 Å². The number of unbranched alkanes of at least 4 members (excludes halogenated alkanes) is 2. The third-order valence-corrected chi connectivity index (χ3v) is 5.99. The maximum atomic E-state index is 12.3. The first-order valence-corrected chi connectivity index (χ1v) is 9.97. The Bertz CT molecular complexity index is 524. The van der Waals surface area contributed by atoms with Gasteiger partial charge in [-0.15, -0.1) is 0 Å². The Labute approximate surface area is 164 Å². The molecule has 1 aliphatic rings. The van der Waals surface area contributed by atoms with E-state index in [2.05, 4.69) is 39.6 Å². The summed E-state index contributed by atoms with van der Waals surface area (Å²) in [5.74, 6) is -0.921. The normalized spacial score (nSPS) is 21.3. The molecule has 1 heterocycles. The highest BCUT2D eigenvalue weighted by Gasteiger charge is 2.45. The van der Waals surface area contributed by atoms with Gasteiger partial charge in [0.25, 0.3) is 0 Å². The van der Waals surface area contributed by atoms with Crippen LogP contribution in [0, 0.1) is 0 Å². The lowest BCUT2D eigenvalue weighted by Gasteiger charge is -2.55. The van der Waals surface area contributed by atoms with Crippen LogP contribution >= 0.6 is 0 Å². The predicted molar refractivity (Wildman–Crippen MR) is 108 cm³/mol. The third kappa shape index (κ3) is 7.26. The number of aliphatic carboxylic acids is 1. The first-order valence-electron chi connectivity index (χ1n) is 9.97. The van der Waals surface area contributed by atoms with Crippen molar-refractivity contribution in [3.63, 3.8) is 0 Å². The van der Waals surface area contributed by atoms with Gasteiger partial charge in [0.05, 0.1) is 6.10 Å². The number of piperidine rings is 1. The number of amides is 1. The zero-order chi connectivity index (χ0) is 20.8. The summed E-state index contributed by atoms with van der Waals surface area (Å²) in [6, 6.07) is 0.243. The van der Waals surface area contributed by atoms with Gasteiger partial charge in [-0.1, -0.05) is 12.8 Å². The molecule has 0 aliphatic carbocycles. The number of rotatable bonds is 9. The number of nitrogens with zero attached hydrogens (tertiary/aromatic N) is 2. The van der Waals surface area contributed by atoms with Crippen LogP contribution in [-0.2, 0) is 9.59 Å². The minimum absolute atomic E-state index is 0.0424. The standard InChI is InChI=1S/C21H38N2O4/c1-16(24)23(13-9-7-8-10-18(25)11-12-19(26)27)17-14-20(2,3)22(6)21(4,5)15-17/h11-12,17-18,25H,7-10,13-15H2,1-6H3,(H,26,27)/b12-11+. The maximum absolute atomic E-state index is 12.3. The smallest absolute Gasteiger partial charge is 0.328 e.